The first-order valence-corrected chi connectivity index (χ1v) is 6.24. The Balaban J connectivity index is 2.79. The molecule has 1 rings (SSSR count). The van der Waals surface area contributed by atoms with Gasteiger partial charge in [0.2, 0.25) is 0 Å². The van der Waals surface area contributed by atoms with Gasteiger partial charge in [0.25, 0.3) is 0 Å². The standard InChI is InChI=1S/C12H18N2OS/c1-9(2)16-11(8-12(13)14-15)10-6-4-3-5-7-10/h3-7,9,11,15H,8H2,1-2H3,(H2,13,14). The van der Waals surface area contributed by atoms with E-state index >= 15 is 0 Å². The number of oxime groups is 1. The molecule has 0 aliphatic carbocycles. The van der Waals surface area contributed by atoms with Gasteiger partial charge in [0.15, 0.2) is 0 Å². The van der Waals surface area contributed by atoms with Crippen molar-refractivity contribution in [1.29, 1.82) is 0 Å². The fraction of sp³-hybridized carbons (Fsp3) is 0.417. The third-order valence-corrected chi connectivity index (χ3v) is 3.44. The van der Waals surface area contributed by atoms with Gasteiger partial charge in [-0.15, -0.1) is 0 Å². The second kappa shape index (κ2) is 6.43. The average Bonchev–Trinajstić information content (AvgIpc) is 2.28. The fourth-order valence-electron chi connectivity index (χ4n) is 1.47. The van der Waals surface area contributed by atoms with Crippen LogP contribution in [0.5, 0.6) is 0 Å². The third kappa shape index (κ3) is 4.14. The normalized spacial score (nSPS) is 14.1. The van der Waals surface area contributed by atoms with E-state index in [1.165, 1.54) is 5.56 Å². The van der Waals surface area contributed by atoms with Crippen molar-refractivity contribution in [2.24, 2.45) is 10.9 Å². The lowest BCUT2D eigenvalue weighted by Crippen LogP contribution is -2.15. The molecule has 0 aromatic heterocycles. The quantitative estimate of drug-likeness (QED) is 0.359. The second-order valence-electron chi connectivity index (χ2n) is 3.88. The van der Waals surface area contributed by atoms with E-state index in [9.17, 15) is 0 Å². The largest absolute Gasteiger partial charge is 0.409 e. The van der Waals surface area contributed by atoms with Crippen molar-refractivity contribution in [3.8, 4) is 0 Å². The smallest absolute Gasteiger partial charge is 0.140 e. The first-order valence-electron chi connectivity index (χ1n) is 5.30. The summed E-state index contributed by atoms with van der Waals surface area (Å²) in [4.78, 5) is 0. The molecule has 0 fully saturated rings. The lowest BCUT2D eigenvalue weighted by atomic mass is 10.1. The molecule has 16 heavy (non-hydrogen) atoms. The Morgan fingerprint density at radius 1 is 1.38 bits per heavy atom. The molecule has 0 amide bonds. The van der Waals surface area contributed by atoms with E-state index < -0.39 is 0 Å². The number of amidine groups is 1. The van der Waals surface area contributed by atoms with E-state index in [4.69, 9.17) is 10.9 Å². The molecule has 4 heteroatoms. The molecule has 3 N–H and O–H groups in total. The lowest BCUT2D eigenvalue weighted by Gasteiger charge is -2.18. The number of nitrogens with two attached hydrogens (primary N) is 1. The Hall–Kier alpha value is -1.16. The van der Waals surface area contributed by atoms with Crippen LogP contribution in [0.3, 0.4) is 0 Å². The van der Waals surface area contributed by atoms with E-state index in [-0.39, 0.29) is 11.1 Å². The minimum absolute atomic E-state index is 0.247. The van der Waals surface area contributed by atoms with Crippen molar-refractivity contribution < 1.29 is 5.21 Å². The fourth-order valence-corrected chi connectivity index (χ4v) is 2.71. The van der Waals surface area contributed by atoms with Crippen LogP contribution < -0.4 is 5.73 Å². The number of benzene rings is 1. The van der Waals surface area contributed by atoms with Crippen molar-refractivity contribution in [2.75, 3.05) is 0 Å². The number of thioether (sulfide) groups is 1. The van der Waals surface area contributed by atoms with Crippen LogP contribution >= 0.6 is 11.8 Å². The zero-order valence-electron chi connectivity index (χ0n) is 9.63. The van der Waals surface area contributed by atoms with Crippen LogP contribution in [-0.4, -0.2) is 16.3 Å². The van der Waals surface area contributed by atoms with E-state index in [0.717, 1.165) is 0 Å². The minimum atomic E-state index is 0.247. The molecule has 3 nitrogen and oxygen atoms in total. The second-order valence-corrected chi connectivity index (χ2v) is 5.66. The lowest BCUT2D eigenvalue weighted by molar-refractivity contribution is 0.317. The van der Waals surface area contributed by atoms with Gasteiger partial charge in [0.1, 0.15) is 5.84 Å². The molecule has 0 aliphatic heterocycles. The number of nitrogens with zero attached hydrogens (tertiary/aromatic N) is 1. The number of hydrogen-bond donors (Lipinski definition) is 2. The van der Waals surface area contributed by atoms with Crippen LogP contribution in [0.1, 0.15) is 31.1 Å². The molecule has 0 bridgehead atoms. The molecule has 0 aliphatic rings. The minimum Gasteiger partial charge on any atom is -0.409 e. The molecule has 88 valence electrons. The van der Waals surface area contributed by atoms with E-state index in [1.54, 1.807) is 0 Å². The SMILES string of the molecule is CC(C)SC(CC(N)=NO)c1ccccc1. The van der Waals surface area contributed by atoms with Gasteiger partial charge in [0.05, 0.1) is 0 Å². The van der Waals surface area contributed by atoms with Crippen molar-refractivity contribution >= 4 is 17.6 Å². The summed E-state index contributed by atoms with van der Waals surface area (Å²) in [5.74, 6) is 0.280. The predicted octanol–water partition coefficient (Wildman–Crippen LogP) is 3.01. The molecule has 0 saturated heterocycles. The summed E-state index contributed by atoms with van der Waals surface area (Å²) in [6.07, 6.45) is 0.573. The van der Waals surface area contributed by atoms with Crippen molar-refractivity contribution in [2.45, 2.75) is 30.8 Å². The molecule has 0 heterocycles. The van der Waals surface area contributed by atoms with Crippen molar-refractivity contribution in [3.63, 3.8) is 0 Å². The van der Waals surface area contributed by atoms with Gasteiger partial charge in [-0.05, 0) is 10.8 Å². The summed E-state index contributed by atoms with van der Waals surface area (Å²) in [5.41, 5.74) is 6.79. The molecule has 1 aromatic rings. The number of rotatable bonds is 5. The van der Waals surface area contributed by atoms with E-state index in [0.29, 0.717) is 11.7 Å². The van der Waals surface area contributed by atoms with Gasteiger partial charge < -0.3 is 10.9 Å². The predicted molar refractivity (Wildman–Crippen MR) is 69.9 cm³/mol. The van der Waals surface area contributed by atoms with Crippen LogP contribution in [0, 0.1) is 0 Å². The van der Waals surface area contributed by atoms with E-state index in [1.807, 2.05) is 30.0 Å². The first kappa shape index (κ1) is 12.9. The molecule has 1 aromatic carbocycles. The van der Waals surface area contributed by atoms with Crippen LogP contribution in [0.4, 0.5) is 0 Å². The Morgan fingerprint density at radius 2 is 2.00 bits per heavy atom. The zero-order chi connectivity index (χ0) is 12.0. The highest BCUT2D eigenvalue weighted by Gasteiger charge is 2.15. The van der Waals surface area contributed by atoms with Gasteiger partial charge in [0, 0.05) is 11.7 Å². The van der Waals surface area contributed by atoms with Gasteiger partial charge in [-0.1, -0.05) is 49.3 Å². The van der Waals surface area contributed by atoms with Gasteiger partial charge >= 0.3 is 0 Å². The van der Waals surface area contributed by atoms with Gasteiger partial charge in [-0.3, -0.25) is 0 Å². The summed E-state index contributed by atoms with van der Waals surface area (Å²) in [6, 6.07) is 10.2. The Kier molecular flexibility index (Phi) is 5.19. The highest BCUT2D eigenvalue weighted by molar-refractivity contribution is 8.00. The van der Waals surface area contributed by atoms with Gasteiger partial charge in [-0.25, -0.2) is 0 Å². The maximum Gasteiger partial charge on any atom is 0.140 e. The van der Waals surface area contributed by atoms with Crippen LogP contribution in [0.15, 0.2) is 35.5 Å². The molecule has 0 spiro atoms. The summed E-state index contributed by atoms with van der Waals surface area (Å²) in [5, 5.41) is 12.4. The summed E-state index contributed by atoms with van der Waals surface area (Å²) >= 11 is 1.82. The molecule has 1 atom stereocenters. The Labute approximate surface area is 101 Å². The highest BCUT2D eigenvalue weighted by atomic mass is 32.2. The van der Waals surface area contributed by atoms with Crippen LogP contribution in [-0.2, 0) is 0 Å². The molecule has 1 unspecified atom stereocenters. The van der Waals surface area contributed by atoms with E-state index in [2.05, 4.69) is 31.1 Å². The maximum absolute atomic E-state index is 8.62. The molecule has 0 radical (unpaired) electrons. The molecule has 0 saturated carbocycles. The van der Waals surface area contributed by atoms with Crippen LogP contribution in [0.25, 0.3) is 0 Å². The summed E-state index contributed by atoms with van der Waals surface area (Å²) in [7, 11) is 0. The third-order valence-electron chi connectivity index (χ3n) is 2.13. The summed E-state index contributed by atoms with van der Waals surface area (Å²) < 4.78 is 0. The average molecular weight is 238 g/mol. The van der Waals surface area contributed by atoms with Crippen LogP contribution in [0.2, 0.25) is 0 Å². The monoisotopic (exact) mass is 238 g/mol. The highest BCUT2D eigenvalue weighted by Crippen LogP contribution is 2.34. The van der Waals surface area contributed by atoms with Crippen molar-refractivity contribution in [3.05, 3.63) is 35.9 Å². The summed E-state index contributed by atoms with van der Waals surface area (Å²) in [6.45, 7) is 4.29. The molecular formula is C12H18N2OS. The Morgan fingerprint density at radius 3 is 2.50 bits per heavy atom. The zero-order valence-corrected chi connectivity index (χ0v) is 10.4. The van der Waals surface area contributed by atoms with Gasteiger partial charge in [-0.2, -0.15) is 11.8 Å². The topological polar surface area (TPSA) is 58.6 Å². The maximum atomic E-state index is 8.62. The first-order chi connectivity index (χ1) is 7.63. The Bertz CT molecular complexity index is 338. The van der Waals surface area contributed by atoms with Crippen molar-refractivity contribution in [1.82, 2.24) is 0 Å². The molecular weight excluding hydrogens is 220 g/mol. The number of hydrogen-bond acceptors (Lipinski definition) is 3.